The predicted octanol–water partition coefficient (Wildman–Crippen LogP) is 1.75. The molecule has 1 saturated heterocycles. The molecule has 0 spiro atoms. The third-order valence-electron chi connectivity index (χ3n) is 3.65. The normalized spacial score (nSPS) is 18.4. The van der Waals surface area contributed by atoms with Gasteiger partial charge in [-0.3, -0.25) is 9.59 Å². The van der Waals surface area contributed by atoms with Gasteiger partial charge in [0.2, 0.25) is 11.8 Å². The SMILES string of the molecule is CC(SCC(=O)Nc1ccc(F)cc1)C(=O)NCC1CCCN1. The van der Waals surface area contributed by atoms with Crippen molar-refractivity contribution in [3.8, 4) is 0 Å². The van der Waals surface area contributed by atoms with Gasteiger partial charge in [-0.05, 0) is 50.6 Å². The summed E-state index contributed by atoms with van der Waals surface area (Å²) in [6, 6.07) is 5.94. The van der Waals surface area contributed by atoms with Gasteiger partial charge >= 0.3 is 0 Å². The number of carbonyl (C=O) groups excluding carboxylic acids is 2. The summed E-state index contributed by atoms with van der Waals surface area (Å²) in [6.45, 7) is 3.42. The van der Waals surface area contributed by atoms with Crippen LogP contribution in [0.1, 0.15) is 19.8 Å². The maximum Gasteiger partial charge on any atom is 0.234 e. The lowest BCUT2D eigenvalue weighted by Gasteiger charge is -2.15. The minimum atomic E-state index is -0.348. The first-order valence-electron chi connectivity index (χ1n) is 7.72. The van der Waals surface area contributed by atoms with Crippen molar-refractivity contribution in [3.05, 3.63) is 30.1 Å². The van der Waals surface area contributed by atoms with E-state index in [1.54, 1.807) is 6.92 Å². The number of nitrogens with one attached hydrogen (secondary N) is 3. The number of thioether (sulfide) groups is 1. The lowest BCUT2D eigenvalue weighted by Crippen LogP contribution is -2.40. The number of hydrogen-bond acceptors (Lipinski definition) is 4. The summed E-state index contributed by atoms with van der Waals surface area (Å²) in [5.74, 6) is -0.440. The summed E-state index contributed by atoms with van der Waals surface area (Å²) >= 11 is 1.28. The molecule has 2 atom stereocenters. The van der Waals surface area contributed by atoms with Crippen molar-refractivity contribution >= 4 is 29.3 Å². The lowest BCUT2D eigenvalue weighted by molar-refractivity contribution is -0.120. The Balaban J connectivity index is 1.66. The van der Waals surface area contributed by atoms with Crippen LogP contribution < -0.4 is 16.0 Å². The number of benzene rings is 1. The summed E-state index contributed by atoms with van der Waals surface area (Å²) < 4.78 is 12.8. The smallest absolute Gasteiger partial charge is 0.234 e. The van der Waals surface area contributed by atoms with Gasteiger partial charge in [-0.2, -0.15) is 0 Å². The van der Waals surface area contributed by atoms with Gasteiger partial charge in [0.1, 0.15) is 5.82 Å². The average molecular weight is 339 g/mol. The Morgan fingerprint density at radius 3 is 2.78 bits per heavy atom. The van der Waals surface area contributed by atoms with Crippen LogP contribution in [-0.4, -0.2) is 41.9 Å². The number of anilines is 1. The highest BCUT2D eigenvalue weighted by Gasteiger charge is 2.18. The molecule has 1 heterocycles. The van der Waals surface area contributed by atoms with E-state index in [-0.39, 0.29) is 28.6 Å². The second-order valence-corrected chi connectivity index (χ2v) is 6.88. The standard InChI is InChI=1S/C16H22FN3O2S/c1-11(16(22)19-9-14-3-2-8-18-14)23-10-15(21)20-13-6-4-12(17)5-7-13/h4-7,11,14,18H,2-3,8-10H2,1H3,(H,19,22)(H,20,21). The lowest BCUT2D eigenvalue weighted by atomic mass is 10.2. The molecule has 126 valence electrons. The predicted molar refractivity (Wildman–Crippen MR) is 91.0 cm³/mol. The number of amides is 2. The fourth-order valence-electron chi connectivity index (χ4n) is 2.31. The first kappa shape index (κ1) is 17.7. The molecule has 1 aliphatic heterocycles. The molecule has 0 saturated carbocycles. The molecule has 1 aliphatic rings. The molecule has 1 fully saturated rings. The molecule has 5 nitrogen and oxygen atoms in total. The van der Waals surface area contributed by atoms with Gasteiger partial charge in [-0.1, -0.05) is 0 Å². The van der Waals surface area contributed by atoms with Crippen LogP contribution in [0.3, 0.4) is 0 Å². The Hall–Kier alpha value is -1.60. The molecule has 7 heteroatoms. The molecule has 0 aromatic heterocycles. The van der Waals surface area contributed by atoms with Gasteiger partial charge in [0.15, 0.2) is 0 Å². The Bertz CT molecular complexity index is 533. The van der Waals surface area contributed by atoms with Crippen molar-refractivity contribution in [2.45, 2.75) is 31.1 Å². The van der Waals surface area contributed by atoms with Gasteiger partial charge in [0.05, 0.1) is 11.0 Å². The first-order valence-corrected chi connectivity index (χ1v) is 8.77. The molecular weight excluding hydrogens is 317 g/mol. The summed E-state index contributed by atoms with van der Waals surface area (Å²) in [5.41, 5.74) is 0.543. The van der Waals surface area contributed by atoms with Crippen molar-refractivity contribution in [3.63, 3.8) is 0 Å². The van der Waals surface area contributed by atoms with Crippen LogP contribution in [0.15, 0.2) is 24.3 Å². The van der Waals surface area contributed by atoms with Crippen LogP contribution in [-0.2, 0) is 9.59 Å². The molecule has 1 aromatic carbocycles. The molecule has 2 unspecified atom stereocenters. The van der Waals surface area contributed by atoms with E-state index >= 15 is 0 Å². The monoisotopic (exact) mass is 339 g/mol. The molecule has 2 rings (SSSR count). The first-order chi connectivity index (χ1) is 11.0. The van der Waals surface area contributed by atoms with E-state index < -0.39 is 0 Å². The highest BCUT2D eigenvalue weighted by molar-refractivity contribution is 8.01. The van der Waals surface area contributed by atoms with Crippen molar-refractivity contribution in [2.75, 3.05) is 24.2 Å². The molecule has 0 aliphatic carbocycles. The molecule has 0 bridgehead atoms. The van der Waals surface area contributed by atoms with Crippen LogP contribution in [0.2, 0.25) is 0 Å². The van der Waals surface area contributed by atoms with E-state index in [2.05, 4.69) is 16.0 Å². The zero-order valence-electron chi connectivity index (χ0n) is 13.1. The highest BCUT2D eigenvalue weighted by atomic mass is 32.2. The van der Waals surface area contributed by atoms with Crippen molar-refractivity contribution in [1.82, 2.24) is 10.6 Å². The third-order valence-corrected chi connectivity index (χ3v) is 4.79. The van der Waals surface area contributed by atoms with Gasteiger partial charge in [-0.15, -0.1) is 11.8 Å². The largest absolute Gasteiger partial charge is 0.354 e. The Morgan fingerprint density at radius 2 is 2.13 bits per heavy atom. The number of carbonyl (C=O) groups is 2. The third kappa shape index (κ3) is 6.19. The van der Waals surface area contributed by atoms with Crippen LogP contribution in [0, 0.1) is 5.82 Å². The zero-order valence-corrected chi connectivity index (χ0v) is 13.9. The molecule has 3 N–H and O–H groups in total. The Labute approximate surface area is 139 Å². The minimum absolute atomic E-state index is 0.0571. The van der Waals surface area contributed by atoms with Gasteiger partial charge in [0, 0.05) is 18.3 Å². The second kappa shape index (κ2) is 8.88. The van der Waals surface area contributed by atoms with E-state index in [0.29, 0.717) is 18.3 Å². The fourth-order valence-corrected chi connectivity index (χ4v) is 3.01. The molecule has 1 aromatic rings. The average Bonchev–Trinajstić information content (AvgIpc) is 3.06. The fraction of sp³-hybridized carbons (Fsp3) is 0.500. The second-order valence-electron chi connectivity index (χ2n) is 5.55. The van der Waals surface area contributed by atoms with Gasteiger partial charge in [-0.25, -0.2) is 4.39 Å². The van der Waals surface area contributed by atoms with E-state index in [1.165, 1.54) is 36.0 Å². The Kier molecular flexibility index (Phi) is 6.85. The van der Waals surface area contributed by atoms with Crippen molar-refractivity contribution < 1.29 is 14.0 Å². The zero-order chi connectivity index (χ0) is 16.7. The summed E-state index contributed by atoms with van der Waals surface area (Å²) in [6.07, 6.45) is 2.23. The number of rotatable bonds is 7. The topological polar surface area (TPSA) is 70.2 Å². The highest BCUT2D eigenvalue weighted by Crippen LogP contribution is 2.13. The molecule has 0 radical (unpaired) electrons. The summed E-state index contributed by atoms with van der Waals surface area (Å²) in [7, 11) is 0. The number of halogens is 1. The van der Waals surface area contributed by atoms with Crippen molar-refractivity contribution in [1.29, 1.82) is 0 Å². The van der Waals surface area contributed by atoms with Crippen LogP contribution in [0.4, 0.5) is 10.1 Å². The van der Waals surface area contributed by atoms with Crippen molar-refractivity contribution in [2.24, 2.45) is 0 Å². The quantitative estimate of drug-likeness (QED) is 0.708. The van der Waals surface area contributed by atoms with E-state index in [0.717, 1.165) is 19.4 Å². The molecular formula is C16H22FN3O2S. The molecule has 2 amide bonds. The number of hydrogen-bond donors (Lipinski definition) is 3. The van der Waals surface area contributed by atoms with E-state index in [4.69, 9.17) is 0 Å². The maximum absolute atomic E-state index is 12.8. The summed E-state index contributed by atoms with van der Waals surface area (Å²) in [5, 5.41) is 8.60. The minimum Gasteiger partial charge on any atom is -0.354 e. The van der Waals surface area contributed by atoms with Crippen LogP contribution in [0.25, 0.3) is 0 Å². The molecule has 23 heavy (non-hydrogen) atoms. The van der Waals surface area contributed by atoms with E-state index in [9.17, 15) is 14.0 Å². The van der Waals surface area contributed by atoms with Crippen LogP contribution in [0.5, 0.6) is 0 Å². The van der Waals surface area contributed by atoms with E-state index in [1.807, 2.05) is 0 Å². The van der Waals surface area contributed by atoms with Crippen LogP contribution >= 0.6 is 11.8 Å². The maximum atomic E-state index is 12.8. The van der Waals surface area contributed by atoms with Gasteiger partial charge < -0.3 is 16.0 Å². The van der Waals surface area contributed by atoms with Gasteiger partial charge in [0.25, 0.3) is 0 Å². The Morgan fingerprint density at radius 1 is 1.39 bits per heavy atom. The summed E-state index contributed by atoms with van der Waals surface area (Å²) in [4.78, 5) is 23.8.